The standard InChI is InChI=1S/C21H18BrN5O2/c1-28-14-6-4-13(5-7-14)11-25-20-18(23)21(27-12-26-20)29-17-9-8-16(22)15-3-2-10-24-19(15)17/h2-10,12H,11,23H2,1H3,(H,25,26,27). The van der Waals surface area contributed by atoms with E-state index in [2.05, 4.69) is 36.2 Å². The van der Waals surface area contributed by atoms with Crippen molar-refractivity contribution < 1.29 is 9.47 Å². The number of anilines is 2. The summed E-state index contributed by atoms with van der Waals surface area (Å²) >= 11 is 3.53. The highest BCUT2D eigenvalue weighted by molar-refractivity contribution is 9.10. The Hall–Kier alpha value is -3.39. The molecular formula is C21H18BrN5O2. The van der Waals surface area contributed by atoms with Crippen molar-refractivity contribution in [3.8, 4) is 17.4 Å². The van der Waals surface area contributed by atoms with Crippen molar-refractivity contribution in [3.05, 3.63) is 71.1 Å². The number of nitrogens with zero attached hydrogens (tertiary/aromatic N) is 3. The Morgan fingerprint density at radius 3 is 2.66 bits per heavy atom. The van der Waals surface area contributed by atoms with E-state index < -0.39 is 0 Å². The number of aromatic nitrogens is 3. The zero-order chi connectivity index (χ0) is 20.2. The Labute approximate surface area is 176 Å². The second kappa shape index (κ2) is 8.32. The lowest BCUT2D eigenvalue weighted by atomic mass is 10.2. The molecule has 4 rings (SSSR count). The van der Waals surface area contributed by atoms with Gasteiger partial charge in [0.15, 0.2) is 11.6 Å². The van der Waals surface area contributed by atoms with E-state index in [9.17, 15) is 0 Å². The number of pyridine rings is 1. The highest BCUT2D eigenvalue weighted by atomic mass is 79.9. The Bertz CT molecular complexity index is 1150. The van der Waals surface area contributed by atoms with E-state index in [1.165, 1.54) is 6.33 Å². The zero-order valence-corrected chi connectivity index (χ0v) is 17.2. The van der Waals surface area contributed by atoms with Crippen LogP contribution in [0, 0.1) is 0 Å². The largest absolute Gasteiger partial charge is 0.497 e. The van der Waals surface area contributed by atoms with E-state index in [0.717, 1.165) is 21.2 Å². The van der Waals surface area contributed by atoms with E-state index in [-0.39, 0.29) is 5.88 Å². The van der Waals surface area contributed by atoms with Crippen molar-refractivity contribution in [2.45, 2.75) is 6.54 Å². The average molecular weight is 452 g/mol. The van der Waals surface area contributed by atoms with Crippen LogP contribution < -0.4 is 20.5 Å². The lowest BCUT2D eigenvalue weighted by Crippen LogP contribution is -2.07. The third-order valence-electron chi connectivity index (χ3n) is 4.35. The van der Waals surface area contributed by atoms with Gasteiger partial charge in [0.1, 0.15) is 23.3 Å². The first-order valence-electron chi connectivity index (χ1n) is 8.84. The van der Waals surface area contributed by atoms with Crippen molar-refractivity contribution in [2.75, 3.05) is 18.2 Å². The highest BCUT2D eigenvalue weighted by Gasteiger charge is 2.13. The van der Waals surface area contributed by atoms with Crippen LogP contribution in [0.1, 0.15) is 5.56 Å². The molecule has 0 fully saturated rings. The summed E-state index contributed by atoms with van der Waals surface area (Å²) in [7, 11) is 1.64. The molecule has 0 atom stereocenters. The van der Waals surface area contributed by atoms with Gasteiger partial charge in [-0.2, -0.15) is 4.98 Å². The summed E-state index contributed by atoms with van der Waals surface area (Å²) in [4.78, 5) is 12.8. The fourth-order valence-corrected chi connectivity index (χ4v) is 3.28. The molecule has 0 aliphatic heterocycles. The van der Waals surface area contributed by atoms with Crippen LogP contribution in [0.25, 0.3) is 10.9 Å². The van der Waals surface area contributed by atoms with Crippen LogP contribution in [-0.4, -0.2) is 22.1 Å². The summed E-state index contributed by atoms with van der Waals surface area (Å²) in [5, 5.41) is 4.16. The smallest absolute Gasteiger partial charge is 0.248 e. The fourth-order valence-electron chi connectivity index (χ4n) is 2.83. The third kappa shape index (κ3) is 4.07. The molecule has 2 heterocycles. The number of nitrogens with one attached hydrogen (secondary N) is 1. The Kier molecular flexibility index (Phi) is 5.44. The first-order valence-corrected chi connectivity index (χ1v) is 9.63. The normalized spacial score (nSPS) is 10.7. The fraction of sp³-hybridized carbons (Fsp3) is 0.0952. The van der Waals surface area contributed by atoms with Crippen LogP contribution in [0.4, 0.5) is 11.5 Å². The maximum absolute atomic E-state index is 6.25. The second-order valence-corrected chi connectivity index (χ2v) is 7.04. The molecule has 0 unspecified atom stereocenters. The first kappa shape index (κ1) is 18.9. The molecule has 2 aromatic carbocycles. The molecule has 4 aromatic rings. The zero-order valence-electron chi connectivity index (χ0n) is 15.6. The van der Waals surface area contributed by atoms with Gasteiger partial charge in [0, 0.05) is 22.6 Å². The first-order chi connectivity index (χ1) is 14.2. The molecule has 0 spiro atoms. The van der Waals surface area contributed by atoms with Gasteiger partial charge in [-0.15, -0.1) is 0 Å². The van der Waals surface area contributed by atoms with Gasteiger partial charge in [-0.1, -0.05) is 34.1 Å². The SMILES string of the molecule is COc1ccc(CNc2ncnc(Oc3ccc(Br)c4cccnc34)c2N)cc1. The lowest BCUT2D eigenvalue weighted by Gasteiger charge is -2.13. The summed E-state index contributed by atoms with van der Waals surface area (Å²) in [6.45, 7) is 0.549. The number of halogens is 1. The predicted octanol–water partition coefficient (Wildman–Crippen LogP) is 4.78. The van der Waals surface area contributed by atoms with Gasteiger partial charge in [0.2, 0.25) is 5.88 Å². The number of hydrogen-bond donors (Lipinski definition) is 2. The van der Waals surface area contributed by atoms with E-state index in [4.69, 9.17) is 15.2 Å². The summed E-state index contributed by atoms with van der Waals surface area (Å²) < 4.78 is 12.1. The molecule has 2 aromatic heterocycles. The van der Waals surface area contributed by atoms with Crippen LogP contribution in [0.5, 0.6) is 17.4 Å². The molecule has 0 saturated heterocycles. The molecule has 146 valence electrons. The number of nitrogen functional groups attached to an aromatic ring is 1. The van der Waals surface area contributed by atoms with E-state index in [1.54, 1.807) is 13.3 Å². The average Bonchev–Trinajstić information content (AvgIpc) is 2.76. The number of hydrogen-bond acceptors (Lipinski definition) is 7. The van der Waals surface area contributed by atoms with Gasteiger partial charge in [-0.25, -0.2) is 4.98 Å². The molecule has 0 aliphatic rings. The second-order valence-electron chi connectivity index (χ2n) is 6.19. The molecule has 29 heavy (non-hydrogen) atoms. The molecule has 3 N–H and O–H groups in total. The quantitative estimate of drug-likeness (QED) is 0.435. The lowest BCUT2D eigenvalue weighted by molar-refractivity contribution is 0.414. The summed E-state index contributed by atoms with van der Waals surface area (Å²) in [6.07, 6.45) is 3.13. The number of methoxy groups -OCH3 is 1. The Morgan fingerprint density at radius 2 is 1.86 bits per heavy atom. The summed E-state index contributed by atoms with van der Waals surface area (Å²) in [6, 6.07) is 15.3. The van der Waals surface area contributed by atoms with Crippen molar-refractivity contribution in [1.29, 1.82) is 0 Å². The van der Waals surface area contributed by atoms with Gasteiger partial charge in [0.05, 0.1) is 7.11 Å². The van der Waals surface area contributed by atoms with E-state index in [1.807, 2.05) is 48.5 Å². The third-order valence-corrected chi connectivity index (χ3v) is 5.04. The minimum atomic E-state index is 0.270. The monoisotopic (exact) mass is 451 g/mol. The predicted molar refractivity (Wildman–Crippen MR) is 116 cm³/mol. The van der Waals surface area contributed by atoms with Crippen molar-refractivity contribution in [1.82, 2.24) is 15.0 Å². The molecule has 0 radical (unpaired) electrons. The molecule has 0 amide bonds. The number of ether oxygens (including phenoxy) is 2. The van der Waals surface area contributed by atoms with Gasteiger partial charge < -0.3 is 20.5 Å². The van der Waals surface area contributed by atoms with Gasteiger partial charge in [-0.3, -0.25) is 4.98 Å². The van der Waals surface area contributed by atoms with Crippen LogP contribution in [-0.2, 0) is 6.54 Å². The van der Waals surface area contributed by atoms with Crippen molar-refractivity contribution >= 4 is 38.3 Å². The van der Waals surface area contributed by atoms with Crippen LogP contribution in [0.15, 0.2) is 65.5 Å². The Morgan fingerprint density at radius 1 is 1.03 bits per heavy atom. The number of nitrogens with two attached hydrogens (primary N) is 1. The molecule has 0 saturated carbocycles. The summed E-state index contributed by atoms with van der Waals surface area (Å²) in [5.74, 6) is 2.14. The minimum Gasteiger partial charge on any atom is -0.497 e. The molecule has 0 bridgehead atoms. The van der Waals surface area contributed by atoms with Crippen LogP contribution in [0.3, 0.4) is 0 Å². The topological polar surface area (TPSA) is 95.2 Å². The molecular weight excluding hydrogens is 434 g/mol. The van der Waals surface area contributed by atoms with E-state index in [0.29, 0.717) is 29.3 Å². The Balaban J connectivity index is 1.56. The van der Waals surface area contributed by atoms with Gasteiger partial charge >= 0.3 is 0 Å². The maximum atomic E-state index is 6.25. The van der Waals surface area contributed by atoms with Crippen LogP contribution >= 0.6 is 15.9 Å². The summed E-state index contributed by atoms with van der Waals surface area (Å²) in [5.41, 5.74) is 8.36. The van der Waals surface area contributed by atoms with Crippen molar-refractivity contribution in [2.24, 2.45) is 0 Å². The molecule has 8 heteroatoms. The van der Waals surface area contributed by atoms with Crippen LogP contribution in [0.2, 0.25) is 0 Å². The number of benzene rings is 2. The number of fused-ring (bicyclic) bond motifs is 1. The molecule has 7 nitrogen and oxygen atoms in total. The minimum absolute atomic E-state index is 0.270. The van der Waals surface area contributed by atoms with Gasteiger partial charge in [0.25, 0.3) is 0 Å². The highest BCUT2D eigenvalue weighted by Crippen LogP contribution is 2.35. The van der Waals surface area contributed by atoms with Crippen molar-refractivity contribution in [3.63, 3.8) is 0 Å². The maximum Gasteiger partial charge on any atom is 0.248 e. The number of rotatable bonds is 6. The van der Waals surface area contributed by atoms with Gasteiger partial charge in [-0.05, 0) is 35.9 Å². The molecule has 0 aliphatic carbocycles. The van der Waals surface area contributed by atoms with E-state index >= 15 is 0 Å².